The molecule has 0 aromatic heterocycles. The summed E-state index contributed by atoms with van der Waals surface area (Å²) in [6.07, 6.45) is 0. The van der Waals surface area contributed by atoms with E-state index in [4.69, 9.17) is 5.26 Å². The van der Waals surface area contributed by atoms with Crippen LogP contribution in [0.25, 0.3) is 0 Å². The van der Waals surface area contributed by atoms with Crippen LogP contribution in [0, 0.1) is 21.4 Å². The van der Waals surface area contributed by atoms with Gasteiger partial charge >= 0.3 is 0 Å². The molecule has 0 spiro atoms. The standard InChI is InChI=1S/C12H13N3O3S/c13-6-9-5-10(15(17)18)1-2-12(9)14-3-4-19-8-11(14)7-16/h1-2,5,11,16H,3-4,7-8H2/t11-/m0/s1. The number of nitrogens with zero attached hydrogens (tertiary/aromatic N) is 3. The maximum Gasteiger partial charge on any atom is 0.270 e. The molecule has 0 bridgehead atoms. The highest BCUT2D eigenvalue weighted by Crippen LogP contribution is 2.29. The van der Waals surface area contributed by atoms with Crippen molar-refractivity contribution in [2.75, 3.05) is 29.6 Å². The van der Waals surface area contributed by atoms with Crippen molar-refractivity contribution >= 4 is 23.1 Å². The first-order valence-corrected chi connectivity index (χ1v) is 6.96. The number of aliphatic hydroxyl groups excluding tert-OH is 1. The van der Waals surface area contributed by atoms with Crippen LogP contribution in [0.15, 0.2) is 18.2 Å². The van der Waals surface area contributed by atoms with Crippen molar-refractivity contribution in [2.24, 2.45) is 0 Å². The van der Waals surface area contributed by atoms with Crippen LogP contribution in [-0.2, 0) is 0 Å². The number of hydrogen-bond donors (Lipinski definition) is 1. The lowest BCUT2D eigenvalue weighted by Gasteiger charge is -2.36. The van der Waals surface area contributed by atoms with Gasteiger partial charge in [-0.3, -0.25) is 10.1 Å². The van der Waals surface area contributed by atoms with Gasteiger partial charge in [0.25, 0.3) is 5.69 Å². The van der Waals surface area contributed by atoms with Crippen LogP contribution in [0.5, 0.6) is 0 Å². The van der Waals surface area contributed by atoms with E-state index in [2.05, 4.69) is 0 Å². The van der Waals surface area contributed by atoms with Crippen LogP contribution in [0.4, 0.5) is 11.4 Å². The zero-order valence-corrected chi connectivity index (χ0v) is 11.0. The van der Waals surface area contributed by atoms with Gasteiger partial charge in [-0.05, 0) is 6.07 Å². The molecule has 0 unspecified atom stereocenters. The summed E-state index contributed by atoms with van der Waals surface area (Å²) < 4.78 is 0. The summed E-state index contributed by atoms with van der Waals surface area (Å²) in [4.78, 5) is 12.2. The van der Waals surface area contributed by atoms with Crippen molar-refractivity contribution in [3.05, 3.63) is 33.9 Å². The summed E-state index contributed by atoms with van der Waals surface area (Å²) in [5.74, 6) is 1.71. The molecule has 1 N–H and O–H groups in total. The number of aliphatic hydroxyl groups is 1. The molecule has 1 aliphatic rings. The first-order valence-electron chi connectivity index (χ1n) is 5.81. The van der Waals surface area contributed by atoms with E-state index in [1.54, 1.807) is 17.8 Å². The van der Waals surface area contributed by atoms with Crippen LogP contribution in [0.3, 0.4) is 0 Å². The molecule has 1 saturated heterocycles. The monoisotopic (exact) mass is 279 g/mol. The molecule has 19 heavy (non-hydrogen) atoms. The zero-order valence-electron chi connectivity index (χ0n) is 10.2. The molecule has 1 aromatic rings. The van der Waals surface area contributed by atoms with Gasteiger partial charge < -0.3 is 10.0 Å². The minimum Gasteiger partial charge on any atom is -0.394 e. The van der Waals surface area contributed by atoms with Crippen molar-refractivity contribution in [1.82, 2.24) is 0 Å². The molecule has 2 rings (SSSR count). The second kappa shape index (κ2) is 5.91. The summed E-state index contributed by atoms with van der Waals surface area (Å²) in [5.41, 5.74) is 0.847. The minimum atomic E-state index is -0.514. The van der Waals surface area contributed by atoms with Gasteiger partial charge in [0.2, 0.25) is 0 Å². The number of thioether (sulfide) groups is 1. The molecule has 0 radical (unpaired) electrons. The van der Waals surface area contributed by atoms with Crippen LogP contribution in [0.1, 0.15) is 5.56 Å². The second-order valence-corrected chi connectivity index (χ2v) is 5.32. The third kappa shape index (κ3) is 2.80. The first kappa shape index (κ1) is 13.6. The van der Waals surface area contributed by atoms with E-state index in [9.17, 15) is 15.2 Å². The maximum atomic E-state index is 10.7. The minimum absolute atomic E-state index is 0.00879. The molecule has 6 nitrogen and oxygen atoms in total. The molecule has 1 aromatic carbocycles. The molecule has 1 heterocycles. The van der Waals surface area contributed by atoms with E-state index < -0.39 is 4.92 Å². The van der Waals surface area contributed by atoms with Gasteiger partial charge in [-0.2, -0.15) is 17.0 Å². The topological polar surface area (TPSA) is 90.4 Å². The Labute approximate surface area is 114 Å². The average molecular weight is 279 g/mol. The molecule has 0 amide bonds. The van der Waals surface area contributed by atoms with E-state index in [1.807, 2.05) is 11.0 Å². The lowest BCUT2D eigenvalue weighted by Crippen LogP contribution is -2.45. The molecule has 100 valence electrons. The van der Waals surface area contributed by atoms with Crippen LogP contribution in [-0.4, -0.2) is 40.7 Å². The van der Waals surface area contributed by atoms with Crippen molar-refractivity contribution in [3.63, 3.8) is 0 Å². The molecular formula is C12H13N3O3S. The van der Waals surface area contributed by atoms with Gasteiger partial charge in [0, 0.05) is 30.2 Å². The Hall–Kier alpha value is -1.78. The SMILES string of the molecule is N#Cc1cc([N+](=O)[O-])ccc1N1CCSC[C@@H]1CO. The lowest BCUT2D eigenvalue weighted by atomic mass is 10.1. The number of hydrogen-bond acceptors (Lipinski definition) is 6. The van der Waals surface area contributed by atoms with Gasteiger partial charge in [0.05, 0.1) is 28.8 Å². The van der Waals surface area contributed by atoms with Crippen molar-refractivity contribution in [2.45, 2.75) is 6.04 Å². The molecule has 0 saturated carbocycles. The predicted octanol–water partition coefficient (Wildman–Crippen LogP) is 1.38. The number of rotatable bonds is 3. The van der Waals surface area contributed by atoms with Gasteiger partial charge in [-0.1, -0.05) is 0 Å². The highest BCUT2D eigenvalue weighted by Gasteiger charge is 2.25. The number of benzene rings is 1. The number of nitro benzene ring substituents is 1. The van der Waals surface area contributed by atoms with Gasteiger partial charge in [-0.25, -0.2) is 0 Å². The van der Waals surface area contributed by atoms with Crippen LogP contribution < -0.4 is 4.90 Å². The van der Waals surface area contributed by atoms with Crippen molar-refractivity contribution in [3.8, 4) is 6.07 Å². The Balaban J connectivity index is 2.38. The average Bonchev–Trinajstić information content (AvgIpc) is 2.46. The van der Waals surface area contributed by atoms with Crippen molar-refractivity contribution in [1.29, 1.82) is 5.26 Å². The second-order valence-electron chi connectivity index (χ2n) is 4.18. The molecular weight excluding hydrogens is 266 g/mol. The number of anilines is 1. The Morgan fingerprint density at radius 1 is 1.63 bits per heavy atom. The van der Waals surface area contributed by atoms with E-state index >= 15 is 0 Å². The largest absolute Gasteiger partial charge is 0.394 e. The van der Waals surface area contributed by atoms with Crippen LogP contribution >= 0.6 is 11.8 Å². The highest BCUT2D eigenvalue weighted by molar-refractivity contribution is 7.99. The van der Waals surface area contributed by atoms with Crippen LogP contribution in [0.2, 0.25) is 0 Å². The summed E-state index contributed by atoms with van der Waals surface area (Å²) >= 11 is 1.75. The van der Waals surface area contributed by atoms with Gasteiger partial charge in [0.1, 0.15) is 6.07 Å². The zero-order chi connectivity index (χ0) is 13.8. The fourth-order valence-electron chi connectivity index (χ4n) is 2.10. The Bertz CT molecular complexity index is 529. The van der Waals surface area contributed by atoms with Crippen molar-refractivity contribution < 1.29 is 10.0 Å². The Morgan fingerprint density at radius 2 is 2.42 bits per heavy atom. The fourth-order valence-corrected chi connectivity index (χ4v) is 3.15. The quantitative estimate of drug-likeness (QED) is 0.664. The number of nitriles is 1. The molecule has 0 aliphatic carbocycles. The van der Waals surface area contributed by atoms with E-state index in [0.29, 0.717) is 5.69 Å². The summed E-state index contributed by atoms with van der Waals surface area (Å²) in [7, 11) is 0. The summed E-state index contributed by atoms with van der Waals surface area (Å²) in [6, 6.07) is 6.22. The number of nitro groups is 1. The smallest absolute Gasteiger partial charge is 0.270 e. The molecule has 1 aliphatic heterocycles. The molecule has 7 heteroatoms. The molecule has 1 atom stereocenters. The van der Waals surface area contributed by atoms with E-state index in [-0.39, 0.29) is 23.9 Å². The van der Waals surface area contributed by atoms with E-state index in [0.717, 1.165) is 18.1 Å². The third-order valence-corrected chi connectivity index (χ3v) is 4.15. The first-order chi connectivity index (χ1) is 9.17. The van der Waals surface area contributed by atoms with Gasteiger partial charge in [-0.15, -0.1) is 0 Å². The summed E-state index contributed by atoms with van der Waals surface area (Å²) in [6.45, 7) is 0.733. The predicted molar refractivity (Wildman–Crippen MR) is 73.4 cm³/mol. The van der Waals surface area contributed by atoms with Gasteiger partial charge in [0.15, 0.2) is 0 Å². The Kier molecular flexibility index (Phi) is 4.24. The normalized spacial score (nSPS) is 18.9. The third-order valence-electron chi connectivity index (χ3n) is 3.06. The molecule has 1 fully saturated rings. The summed E-state index contributed by atoms with van der Waals surface area (Å²) in [5, 5.41) is 29.2. The lowest BCUT2D eigenvalue weighted by molar-refractivity contribution is -0.384. The Morgan fingerprint density at radius 3 is 3.05 bits per heavy atom. The van der Waals surface area contributed by atoms with E-state index in [1.165, 1.54) is 12.1 Å². The maximum absolute atomic E-state index is 10.7. The highest BCUT2D eigenvalue weighted by atomic mass is 32.2. The number of non-ortho nitro benzene ring substituents is 1. The fraction of sp³-hybridized carbons (Fsp3) is 0.417.